The summed E-state index contributed by atoms with van der Waals surface area (Å²) in [6, 6.07) is 10.4. The molecular weight excluding hydrogens is 413 g/mol. The number of guanidine groups is 1. The first-order valence-corrected chi connectivity index (χ1v) is 8.87. The fourth-order valence-electron chi connectivity index (χ4n) is 3.78. The zero-order chi connectivity index (χ0) is 16.1. The first kappa shape index (κ1) is 19.5. The summed E-state index contributed by atoms with van der Waals surface area (Å²) in [5.41, 5.74) is 1.78. The van der Waals surface area contributed by atoms with E-state index in [4.69, 9.17) is 9.73 Å². The van der Waals surface area contributed by atoms with Gasteiger partial charge in [0.2, 0.25) is 0 Å². The van der Waals surface area contributed by atoms with Crippen molar-refractivity contribution in [2.75, 3.05) is 33.3 Å². The van der Waals surface area contributed by atoms with Gasteiger partial charge in [-0.05, 0) is 37.2 Å². The van der Waals surface area contributed by atoms with Gasteiger partial charge in [-0.2, -0.15) is 0 Å². The highest BCUT2D eigenvalue weighted by Crippen LogP contribution is 2.47. The maximum atomic E-state index is 5.65. The van der Waals surface area contributed by atoms with Crippen LogP contribution in [-0.2, 0) is 4.74 Å². The Bertz CT molecular complexity index is 531. The molecule has 2 aliphatic rings. The third kappa shape index (κ3) is 4.42. The summed E-state index contributed by atoms with van der Waals surface area (Å²) in [6.07, 6.45) is 5.54. The Balaban J connectivity index is 0.00000208. The number of ether oxygens (including phenoxy) is 1. The van der Waals surface area contributed by atoms with E-state index in [9.17, 15) is 0 Å². The Kier molecular flexibility index (Phi) is 7.34. The normalized spacial score (nSPS) is 20.4. The van der Waals surface area contributed by atoms with Crippen LogP contribution in [0.15, 0.2) is 35.3 Å². The van der Waals surface area contributed by atoms with Gasteiger partial charge >= 0.3 is 0 Å². The molecule has 5 heteroatoms. The molecule has 4 nitrogen and oxygen atoms in total. The second-order valence-electron chi connectivity index (χ2n) is 6.85. The van der Waals surface area contributed by atoms with Gasteiger partial charge in [0, 0.05) is 26.7 Å². The molecule has 1 spiro atoms. The third-order valence-corrected chi connectivity index (χ3v) is 5.35. The second-order valence-corrected chi connectivity index (χ2v) is 6.85. The Hall–Kier alpha value is -0.820. The number of hydrogen-bond acceptors (Lipinski definition) is 2. The Labute approximate surface area is 163 Å². The number of halogens is 1. The quantitative estimate of drug-likeness (QED) is 0.427. The Morgan fingerprint density at radius 3 is 2.58 bits per heavy atom. The summed E-state index contributed by atoms with van der Waals surface area (Å²) in [5.74, 6) is 1.05. The van der Waals surface area contributed by atoms with Crippen LogP contribution in [0.5, 0.6) is 0 Å². The molecular formula is C19H30IN3O. The van der Waals surface area contributed by atoms with Crippen molar-refractivity contribution in [2.45, 2.75) is 38.7 Å². The van der Waals surface area contributed by atoms with Crippen LogP contribution in [0.3, 0.4) is 0 Å². The molecule has 24 heavy (non-hydrogen) atoms. The topological polar surface area (TPSA) is 36.9 Å². The van der Waals surface area contributed by atoms with E-state index >= 15 is 0 Å². The van der Waals surface area contributed by atoms with Crippen molar-refractivity contribution in [2.24, 2.45) is 10.4 Å². The van der Waals surface area contributed by atoms with Gasteiger partial charge in [0.15, 0.2) is 5.96 Å². The van der Waals surface area contributed by atoms with Crippen molar-refractivity contribution in [3.8, 4) is 0 Å². The van der Waals surface area contributed by atoms with E-state index in [0.717, 1.165) is 19.0 Å². The van der Waals surface area contributed by atoms with Gasteiger partial charge < -0.3 is 15.0 Å². The van der Waals surface area contributed by atoms with E-state index in [2.05, 4.69) is 41.4 Å². The molecule has 1 aliphatic heterocycles. The maximum absolute atomic E-state index is 5.65. The fraction of sp³-hybridized carbons (Fsp3) is 0.632. The summed E-state index contributed by atoms with van der Waals surface area (Å²) >= 11 is 0. The second kappa shape index (κ2) is 9.04. The third-order valence-electron chi connectivity index (χ3n) is 5.35. The van der Waals surface area contributed by atoms with Crippen LogP contribution < -0.4 is 5.32 Å². The van der Waals surface area contributed by atoms with Gasteiger partial charge in [0.05, 0.1) is 6.54 Å². The minimum atomic E-state index is 0. The van der Waals surface area contributed by atoms with E-state index in [1.54, 1.807) is 7.11 Å². The molecule has 1 N–H and O–H groups in total. The van der Waals surface area contributed by atoms with Crippen molar-refractivity contribution in [1.29, 1.82) is 0 Å². The minimum Gasteiger partial charge on any atom is -0.375 e. The van der Waals surface area contributed by atoms with Gasteiger partial charge in [-0.3, -0.25) is 4.99 Å². The highest BCUT2D eigenvalue weighted by molar-refractivity contribution is 14.0. The molecule has 2 fully saturated rings. The molecule has 1 heterocycles. The van der Waals surface area contributed by atoms with Crippen molar-refractivity contribution in [3.05, 3.63) is 35.9 Å². The maximum Gasteiger partial charge on any atom is 0.194 e. The van der Waals surface area contributed by atoms with Crippen LogP contribution in [0.1, 0.15) is 44.3 Å². The molecule has 134 valence electrons. The summed E-state index contributed by atoms with van der Waals surface area (Å²) in [6.45, 7) is 6.00. The summed E-state index contributed by atoms with van der Waals surface area (Å²) in [4.78, 5) is 7.32. The van der Waals surface area contributed by atoms with Gasteiger partial charge in [0.1, 0.15) is 6.10 Å². The largest absolute Gasteiger partial charge is 0.375 e. The molecule has 1 saturated carbocycles. The number of rotatable bonds is 5. The zero-order valence-electron chi connectivity index (χ0n) is 14.8. The lowest BCUT2D eigenvalue weighted by Gasteiger charge is -2.38. The highest BCUT2D eigenvalue weighted by Gasteiger charge is 2.43. The number of likely N-dealkylation sites (tertiary alicyclic amines) is 1. The van der Waals surface area contributed by atoms with Gasteiger partial charge in [0.25, 0.3) is 0 Å². The summed E-state index contributed by atoms with van der Waals surface area (Å²) in [7, 11) is 1.76. The number of nitrogens with one attached hydrogen (secondary N) is 1. The van der Waals surface area contributed by atoms with E-state index < -0.39 is 0 Å². The number of aliphatic imine (C=N–C) groups is 1. The summed E-state index contributed by atoms with van der Waals surface area (Å²) in [5, 5.41) is 3.46. The molecule has 1 aromatic rings. The molecule has 0 radical (unpaired) electrons. The minimum absolute atomic E-state index is 0. The van der Waals surface area contributed by atoms with E-state index in [1.807, 2.05) is 6.07 Å². The van der Waals surface area contributed by atoms with Crippen molar-refractivity contribution < 1.29 is 4.74 Å². The molecule has 0 amide bonds. The first-order chi connectivity index (χ1) is 11.3. The lowest BCUT2D eigenvalue weighted by Crippen LogP contribution is -2.42. The standard InChI is InChI=1S/C19H29N3O.HI/c1-3-20-18(22-13-12-19(15-22)10-7-11-19)21-14-17(23-2)16-8-5-4-6-9-16;/h4-6,8-9,17H,3,7,10-15H2,1-2H3,(H,20,21);1H. The lowest BCUT2D eigenvalue weighted by atomic mass is 9.68. The Morgan fingerprint density at radius 2 is 2.04 bits per heavy atom. The van der Waals surface area contributed by atoms with E-state index in [0.29, 0.717) is 12.0 Å². The van der Waals surface area contributed by atoms with E-state index in [-0.39, 0.29) is 30.1 Å². The van der Waals surface area contributed by atoms with Gasteiger partial charge in [-0.1, -0.05) is 36.8 Å². The summed E-state index contributed by atoms with van der Waals surface area (Å²) < 4.78 is 5.65. The van der Waals surface area contributed by atoms with Crippen molar-refractivity contribution >= 4 is 29.9 Å². The predicted molar refractivity (Wildman–Crippen MR) is 110 cm³/mol. The van der Waals surface area contributed by atoms with Crippen LogP contribution in [0.4, 0.5) is 0 Å². The van der Waals surface area contributed by atoms with Crippen LogP contribution in [-0.4, -0.2) is 44.1 Å². The monoisotopic (exact) mass is 443 g/mol. The van der Waals surface area contributed by atoms with Crippen molar-refractivity contribution in [3.63, 3.8) is 0 Å². The molecule has 1 saturated heterocycles. The number of benzene rings is 1. The van der Waals surface area contributed by atoms with Crippen LogP contribution in [0, 0.1) is 5.41 Å². The number of methoxy groups -OCH3 is 1. The predicted octanol–water partition coefficient (Wildman–Crippen LogP) is 3.83. The average Bonchev–Trinajstić information content (AvgIpc) is 3.01. The number of hydrogen-bond donors (Lipinski definition) is 1. The molecule has 3 rings (SSSR count). The molecule has 1 atom stereocenters. The lowest BCUT2D eigenvalue weighted by molar-refractivity contribution is 0.110. The zero-order valence-corrected chi connectivity index (χ0v) is 17.2. The highest BCUT2D eigenvalue weighted by atomic mass is 127. The SMILES string of the molecule is CCNC(=NCC(OC)c1ccccc1)N1CCC2(CCC2)C1.I. The van der Waals surface area contributed by atoms with Gasteiger partial charge in [-0.15, -0.1) is 24.0 Å². The van der Waals surface area contributed by atoms with Crippen LogP contribution in [0.2, 0.25) is 0 Å². The average molecular weight is 443 g/mol. The Morgan fingerprint density at radius 1 is 1.29 bits per heavy atom. The fourth-order valence-corrected chi connectivity index (χ4v) is 3.78. The molecule has 1 unspecified atom stereocenters. The first-order valence-electron chi connectivity index (χ1n) is 8.87. The molecule has 1 aliphatic carbocycles. The smallest absolute Gasteiger partial charge is 0.194 e. The molecule has 0 aromatic heterocycles. The van der Waals surface area contributed by atoms with Gasteiger partial charge in [-0.25, -0.2) is 0 Å². The molecule has 0 bridgehead atoms. The number of nitrogens with zero attached hydrogens (tertiary/aromatic N) is 2. The van der Waals surface area contributed by atoms with E-state index in [1.165, 1.54) is 37.8 Å². The van der Waals surface area contributed by atoms with Crippen molar-refractivity contribution in [1.82, 2.24) is 10.2 Å². The van der Waals surface area contributed by atoms with Crippen LogP contribution in [0.25, 0.3) is 0 Å². The molecule has 1 aromatic carbocycles. The van der Waals surface area contributed by atoms with Crippen LogP contribution >= 0.6 is 24.0 Å².